The highest BCUT2D eigenvalue weighted by Crippen LogP contribution is 2.34. The molecule has 39 heavy (non-hydrogen) atoms. The number of ketones is 1. The van der Waals surface area contributed by atoms with Gasteiger partial charge in [-0.05, 0) is 67.1 Å². The fraction of sp³-hybridized carbons (Fsp3) is 0.156. The summed E-state index contributed by atoms with van der Waals surface area (Å²) in [6, 6.07) is 31.3. The van der Waals surface area contributed by atoms with Gasteiger partial charge in [-0.1, -0.05) is 60.1 Å². The third-order valence-electron chi connectivity index (χ3n) is 6.60. The Bertz CT molecular complexity index is 1490. The Kier molecular flexibility index (Phi) is 7.75. The van der Waals surface area contributed by atoms with Crippen molar-refractivity contribution in [2.75, 3.05) is 11.4 Å². The van der Waals surface area contributed by atoms with Crippen molar-refractivity contribution in [2.45, 2.75) is 19.4 Å². The number of halogens is 1. The molecule has 196 valence electrons. The van der Waals surface area contributed by atoms with Crippen molar-refractivity contribution < 1.29 is 23.9 Å². The van der Waals surface area contributed by atoms with Crippen LogP contribution in [0.1, 0.15) is 23.7 Å². The average molecular weight is 540 g/mol. The van der Waals surface area contributed by atoms with E-state index < -0.39 is 18.0 Å². The van der Waals surface area contributed by atoms with Crippen LogP contribution in [0.15, 0.2) is 103 Å². The van der Waals surface area contributed by atoms with Gasteiger partial charge in [0.2, 0.25) is 11.7 Å². The summed E-state index contributed by atoms with van der Waals surface area (Å²) in [5.41, 5.74) is 3.08. The molecule has 0 N–H and O–H groups in total. The lowest BCUT2D eigenvalue weighted by Crippen LogP contribution is -2.30. The molecule has 1 saturated heterocycles. The molecular weight excluding hydrogens is 514 g/mol. The number of para-hydroxylation sites is 1. The lowest BCUT2D eigenvalue weighted by Gasteiger charge is -2.18. The van der Waals surface area contributed by atoms with E-state index in [1.807, 2.05) is 54.6 Å². The van der Waals surface area contributed by atoms with E-state index in [4.69, 9.17) is 21.1 Å². The molecule has 0 bridgehead atoms. The first-order valence-electron chi connectivity index (χ1n) is 12.6. The fourth-order valence-electron chi connectivity index (χ4n) is 4.52. The van der Waals surface area contributed by atoms with Crippen LogP contribution < -0.4 is 9.64 Å². The number of amides is 1. The fourth-order valence-corrected chi connectivity index (χ4v) is 4.65. The molecule has 1 aliphatic rings. The van der Waals surface area contributed by atoms with E-state index in [9.17, 15) is 14.4 Å². The highest BCUT2D eigenvalue weighted by molar-refractivity contribution is 6.30. The molecule has 0 aliphatic carbocycles. The minimum Gasteiger partial charge on any atom is -0.457 e. The summed E-state index contributed by atoms with van der Waals surface area (Å²) in [5, 5.41) is 0.511. The summed E-state index contributed by atoms with van der Waals surface area (Å²) in [4.78, 5) is 39.7. The molecule has 2 atom stereocenters. The molecule has 1 amide bonds. The Morgan fingerprint density at radius 2 is 1.54 bits per heavy atom. The maximum Gasteiger partial charge on any atom is 0.312 e. The van der Waals surface area contributed by atoms with Crippen molar-refractivity contribution in [2.24, 2.45) is 5.92 Å². The summed E-state index contributed by atoms with van der Waals surface area (Å²) in [7, 11) is 0. The number of esters is 1. The van der Waals surface area contributed by atoms with Gasteiger partial charge in [0.05, 0.1) is 5.92 Å². The molecule has 4 aromatic carbocycles. The zero-order chi connectivity index (χ0) is 27.4. The van der Waals surface area contributed by atoms with Gasteiger partial charge in [0, 0.05) is 34.8 Å². The molecule has 0 spiro atoms. The molecule has 0 unspecified atom stereocenters. The second kappa shape index (κ2) is 11.5. The van der Waals surface area contributed by atoms with Gasteiger partial charge in [0.25, 0.3) is 0 Å². The van der Waals surface area contributed by atoms with Gasteiger partial charge in [-0.2, -0.15) is 0 Å². The number of benzene rings is 4. The zero-order valence-electron chi connectivity index (χ0n) is 21.3. The maximum absolute atomic E-state index is 12.8. The number of anilines is 1. The molecule has 1 fully saturated rings. The summed E-state index contributed by atoms with van der Waals surface area (Å²) in [6.45, 7) is 1.70. The number of hydrogen-bond acceptors (Lipinski definition) is 5. The number of ether oxygens (including phenoxy) is 2. The first-order valence-corrected chi connectivity index (χ1v) is 13.0. The van der Waals surface area contributed by atoms with Crippen molar-refractivity contribution in [1.82, 2.24) is 0 Å². The van der Waals surface area contributed by atoms with Gasteiger partial charge in [-0.25, -0.2) is 0 Å². The second-order valence-electron chi connectivity index (χ2n) is 9.31. The Hall–Kier alpha value is -4.42. The number of carbonyl (C=O) groups excluding carboxylic acids is 3. The molecule has 6 nitrogen and oxygen atoms in total. The zero-order valence-corrected chi connectivity index (χ0v) is 22.0. The van der Waals surface area contributed by atoms with Crippen LogP contribution in [-0.2, 0) is 14.3 Å². The topological polar surface area (TPSA) is 72.9 Å². The third-order valence-corrected chi connectivity index (χ3v) is 6.85. The molecule has 0 saturated carbocycles. The summed E-state index contributed by atoms with van der Waals surface area (Å²) < 4.78 is 11.6. The van der Waals surface area contributed by atoms with E-state index in [1.54, 1.807) is 53.4 Å². The van der Waals surface area contributed by atoms with E-state index in [2.05, 4.69) is 0 Å². The Balaban J connectivity index is 1.22. The molecule has 1 aliphatic heterocycles. The van der Waals surface area contributed by atoms with E-state index in [0.29, 0.717) is 22.0 Å². The molecule has 4 aromatic rings. The number of Topliss-reactive ketones (excluding diaryl/α,β-unsaturated/α-hetero) is 1. The Labute approximate surface area is 231 Å². The molecular formula is C32H26ClNO5. The number of hydrogen-bond donors (Lipinski definition) is 0. The molecule has 0 radical (unpaired) electrons. The third kappa shape index (κ3) is 6.02. The van der Waals surface area contributed by atoms with Gasteiger partial charge in [0.1, 0.15) is 11.5 Å². The van der Waals surface area contributed by atoms with E-state index >= 15 is 0 Å². The first kappa shape index (κ1) is 26.2. The van der Waals surface area contributed by atoms with Crippen molar-refractivity contribution in [1.29, 1.82) is 0 Å². The summed E-state index contributed by atoms with van der Waals surface area (Å²) >= 11 is 5.88. The maximum atomic E-state index is 12.8. The summed E-state index contributed by atoms with van der Waals surface area (Å²) in [6.07, 6.45) is -0.957. The Morgan fingerprint density at radius 3 is 2.26 bits per heavy atom. The number of carbonyl (C=O) groups is 3. The first-order chi connectivity index (χ1) is 18.9. The normalized spacial score (nSPS) is 15.6. The van der Waals surface area contributed by atoms with E-state index in [0.717, 1.165) is 16.9 Å². The van der Waals surface area contributed by atoms with Crippen molar-refractivity contribution in [3.8, 4) is 22.6 Å². The lowest BCUT2D eigenvalue weighted by molar-refractivity contribution is -0.151. The van der Waals surface area contributed by atoms with Gasteiger partial charge in [0.15, 0.2) is 6.10 Å². The minimum atomic E-state index is -0.974. The van der Waals surface area contributed by atoms with Gasteiger partial charge < -0.3 is 14.4 Å². The lowest BCUT2D eigenvalue weighted by atomic mass is 10.0. The van der Waals surface area contributed by atoms with Gasteiger partial charge >= 0.3 is 5.97 Å². The van der Waals surface area contributed by atoms with Crippen LogP contribution in [0.2, 0.25) is 5.02 Å². The SMILES string of the molecule is C[C@H](OC(=O)[C@@H]1CC(=O)N(c2ccc(Oc3ccccc3-c3ccccc3)cc2)C1)C(=O)c1ccc(Cl)cc1. The van der Waals surface area contributed by atoms with Crippen LogP contribution in [0.3, 0.4) is 0 Å². The summed E-state index contributed by atoms with van der Waals surface area (Å²) in [5.74, 6) is -0.398. The predicted molar refractivity (Wildman–Crippen MR) is 150 cm³/mol. The molecule has 5 rings (SSSR count). The largest absolute Gasteiger partial charge is 0.457 e. The van der Waals surface area contributed by atoms with Crippen molar-refractivity contribution in [3.63, 3.8) is 0 Å². The van der Waals surface area contributed by atoms with Crippen LogP contribution in [-0.4, -0.2) is 30.3 Å². The number of rotatable bonds is 8. The highest BCUT2D eigenvalue weighted by atomic mass is 35.5. The average Bonchev–Trinajstić information content (AvgIpc) is 3.36. The van der Waals surface area contributed by atoms with Crippen LogP contribution in [0.25, 0.3) is 11.1 Å². The minimum absolute atomic E-state index is 0.0173. The van der Waals surface area contributed by atoms with Gasteiger partial charge in [-0.15, -0.1) is 0 Å². The monoisotopic (exact) mass is 539 g/mol. The molecule has 7 heteroatoms. The van der Waals surface area contributed by atoms with Crippen LogP contribution in [0, 0.1) is 5.92 Å². The van der Waals surface area contributed by atoms with Crippen LogP contribution in [0.5, 0.6) is 11.5 Å². The quantitative estimate of drug-likeness (QED) is 0.179. The van der Waals surface area contributed by atoms with Gasteiger partial charge in [-0.3, -0.25) is 14.4 Å². The number of nitrogens with zero attached hydrogens (tertiary/aromatic N) is 1. The second-order valence-corrected chi connectivity index (χ2v) is 9.75. The molecule has 0 aromatic heterocycles. The standard InChI is InChI=1S/C32H26ClNO5/c1-21(31(36)23-11-13-25(33)14-12-23)38-32(37)24-19-30(35)34(20-24)26-15-17-27(18-16-26)39-29-10-6-5-9-28(29)22-7-3-2-4-8-22/h2-18,21,24H,19-20H2,1H3/t21-,24+/m0/s1. The van der Waals surface area contributed by atoms with E-state index in [-0.39, 0.29) is 24.7 Å². The highest BCUT2D eigenvalue weighted by Gasteiger charge is 2.37. The smallest absolute Gasteiger partial charge is 0.312 e. The van der Waals surface area contributed by atoms with E-state index in [1.165, 1.54) is 6.92 Å². The van der Waals surface area contributed by atoms with Crippen LogP contribution >= 0.6 is 11.6 Å². The Morgan fingerprint density at radius 1 is 0.872 bits per heavy atom. The van der Waals surface area contributed by atoms with Crippen molar-refractivity contribution in [3.05, 3.63) is 114 Å². The van der Waals surface area contributed by atoms with Crippen molar-refractivity contribution >= 4 is 34.9 Å². The molecule has 1 heterocycles. The predicted octanol–water partition coefficient (Wildman–Crippen LogP) is 6.97. The van der Waals surface area contributed by atoms with Crippen LogP contribution in [0.4, 0.5) is 5.69 Å².